The van der Waals surface area contributed by atoms with Gasteiger partial charge < -0.3 is 25.3 Å². The number of nitrogens with zero attached hydrogens (tertiary/aromatic N) is 3. The molecule has 1 aromatic heterocycles. The molecule has 2 aromatic carbocycles. The van der Waals surface area contributed by atoms with Crippen LogP contribution in [0.4, 0.5) is 28.8 Å². The summed E-state index contributed by atoms with van der Waals surface area (Å²) in [5.41, 5.74) is 1.90. The molecular weight excluding hydrogens is 587 g/mol. The summed E-state index contributed by atoms with van der Waals surface area (Å²) in [5, 5.41) is 10.0. The van der Waals surface area contributed by atoms with Crippen molar-refractivity contribution in [1.29, 1.82) is 0 Å². The maximum Gasteiger partial charge on any atom is 0.252 e. The summed E-state index contributed by atoms with van der Waals surface area (Å²) in [7, 11) is -4.07. The smallest absolute Gasteiger partial charge is 0.252 e. The molecule has 1 fully saturated rings. The zero-order valence-electron chi connectivity index (χ0n) is 23.0. The fraction of sp³-hybridized carbons (Fsp3) is 0.296. The maximum atomic E-state index is 12.8. The van der Waals surface area contributed by atoms with Crippen LogP contribution in [0.15, 0.2) is 60.8 Å². The molecule has 0 aliphatic carbocycles. The highest BCUT2D eigenvalue weighted by Gasteiger charge is 2.23. The third-order valence-electron chi connectivity index (χ3n) is 6.36. The van der Waals surface area contributed by atoms with E-state index in [0.717, 1.165) is 0 Å². The van der Waals surface area contributed by atoms with Crippen molar-refractivity contribution in [3.63, 3.8) is 0 Å². The molecular formula is C27H32ClN6O5PS. The minimum absolute atomic E-state index is 0.0733. The Hall–Kier alpha value is -3.44. The summed E-state index contributed by atoms with van der Waals surface area (Å²) < 4.78 is 41.6. The van der Waals surface area contributed by atoms with Crippen LogP contribution >= 0.6 is 18.7 Å². The average Bonchev–Trinajstić information content (AvgIpc) is 2.91. The largest absolute Gasteiger partial charge is 0.495 e. The Labute approximate surface area is 244 Å². The lowest BCUT2D eigenvalue weighted by atomic mass is 10.2. The fourth-order valence-electron chi connectivity index (χ4n) is 4.16. The number of anilines is 5. The van der Waals surface area contributed by atoms with E-state index in [9.17, 15) is 17.8 Å². The van der Waals surface area contributed by atoms with Crippen molar-refractivity contribution in [2.45, 2.75) is 0 Å². The third-order valence-corrected chi connectivity index (χ3v) is 9.79. The molecule has 41 heavy (non-hydrogen) atoms. The molecule has 218 valence electrons. The highest BCUT2D eigenvalue weighted by atomic mass is 35.5. The average molecular weight is 619 g/mol. The van der Waals surface area contributed by atoms with Crippen molar-refractivity contribution in [3.05, 3.63) is 65.8 Å². The number of nitrogens with one attached hydrogen (secondary N) is 3. The first kappa shape index (κ1) is 30.5. The predicted octanol–water partition coefficient (Wildman–Crippen LogP) is 4.10. The Kier molecular flexibility index (Phi) is 9.38. The number of rotatable bonds is 10. The molecule has 0 bridgehead atoms. The minimum Gasteiger partial charge on any atom is -0.495 e. The van der Waals surface area contributed by atoms with Crippen molar-refractivity contribution < 1.29 is 22.5 Å². The Bertz CT molecular complexity index is 1610. The summed E-state index contributed by atoms with van der Waals surface area (Å²) in [6, 6.07) is 12.3. The Morgan fingerprint density at radius 2 is 1.83 bits per heavy atom. The molecule has 0 unspecified atom stereocenters. The second kappa shape index (κ2) is 12.6. The molecule has 0 saturated carbocycles. The van der Waals surface area contributed by atoms with Gasteiger partial charge in [-0.3, -0.25) is 9.69 Å². The van der Waals surface area contributed by atoms with Gasteiger partial charge in [0.15, 0.2) is 15.7 Å². The highest BCUT2D eigenvalue weighted by Crippen LogP contribution is 2.39. The lowest BCUT2D eigenvalue weighted by Crippen LogP contribution is -2.42. The lowest BCUT2D eigenvalue weighted by molar-refractivity contribution is -0.113. The van der Waals surface area contributed by atoms with Gasteiger partial charge >= 0.3 is 0 Å². The quantitative estimate of drug-likeness (QED) is 0.224. The summed E-state index contributed by atoms with van der Waals surface area (Å²) in [5.74, 6) is 0.764. The van der Waals surface area contributed by atoms with Crippen LogP contribution in [-0.4, -0.2) is 80.8 Å². The van der Waals surface area contributed by atoms with Crippen molar-refractivity contribution in [2.75, 3.05) is 67.5 Å². The van der Waals surface area contributed by atoms with Gasteiger partial charge in [-0.25, -0.2) is 13.4 Å². The molecule has 1 saturated heterocycles. The van der Waals surface area contributed by atoms with Gasteiger partial charge in [0.1, 0.15) is 17.9 Å². The number of amides is 1. The molecule has 1 amide bonds. The molecule has 0 spiro atoms. The number of benzene rings is 2. The second-order valence-corrected chi connectivity index (χ2v) is 15.8. The van der Waals surface area contributed by atoms with Gasteiger partial charge in [0.05, 0.1) is 36.2 Å². The molecule has 1 aliphatic heterocycles. The molecule has 4 rings (SSSR count). The van der Waals surface area contributed by atoms with Gasteiger partial charge in [-0.05, 0) is 43.7 Å². The molecule has 14 heteroatoms. The number of halogens is 1. The Balaban J connectivity index is 1.49. The number of hydrogen-bond donors (Lipinski definition) is 3. The van der Waals surface area contributed by atoms with Gasteiger partial charge in [0.25, 0.3) is 5.91 Å². The minimum atomic E-state index is -3.01. The highest BCUT2D eigenvalue weighted by molar-refractivity contribution is 7.91. The van der Waals surface area contributed by atoms with E-state index in [4.69, 9.17) is 16.3 Å². The van der Waals surface area contributed by atoms with Gasteiger partial charge in [0.2, 0.25) is 5.95 Å². The van der Waals surface area contributed by atoms with E-state index in [1.54, 1.807) is 43.7 Å². The number of para-hydroxylation sites is 1. The van der Waals surface area contributed by atoms with Gasteiger partial charge in [-0.1, -0.05) is 30.3 Å². The number of hydrogen-bond acceptors (Lipinski definition) is 10. The standard InChI is InChI=1S/C27H32ClN6O5PS/c1-18(17-34-11-13-41(37,38)14-12-34)26(35)30-19-9-10-23(39-2)22(15-19)32-27-29-16-20(28)25(33-27)31-21-7-5-6-8-24(21)40(3,4)36/h5-10,15-16H,1,11-14,17H2,2-4H3,(H,30,35)(H2,29,31,32,33). The topological polar surface area (TPSA) is 143 Å². The molecule has 11 nitrogen and oxygen atoms in total. The summed E-state index contributed by atoms with van der Waals surface area (Å²) in [6.45, 7) is 8.26. The first-order valence-corrected chi connectivity index (χ1v) is 17.5. The van der Waals surface area contributed by atoms with Crippen LogP contribution in [0.3, 0.4) is 0 Å². The SMILES string of the molecule is C=C(CN1CCS(=O)(=O)CC1)C(=O)Nc1ccc(OC)c(Nc2ncc(Cl)c(Nc3ccccc3P(C)(C)=O)n2)c1. The summed E-state index contributed by atoms with van der Waals surface area (Å²) in [4.78, 5) is 23.5. The van der Waals surface area contributed by atoms with Crippen LogP contribution in [0.25, 0.3) is 0 Å². The number of methoxy groups -OCH3 is 1. The second-order valence-electron chi connectivity index (χ2n) is 9.91. The van der Waals surface area contributed by atoms with Gasteiger partial charge in [0, 0.05) is 36.2 Å². The van der Waals surface area contributed by atoms with E-state index in [2.05, 4.69) is 32.5 Å². The van der Waals surface area contributed by atoms with Crippen LogP contribution in [0, 0.1) is 0 Å². The predicted molar refractivity (Wildman–Crippen MR) is 165 cm³/mol. The van der Waals surface area contributed by atoms with Crippen LogP contribution in [0.1, 0.15) is 0 Å². The first-order valence-electron chi connectivity index (χ1n) is 12.7. The molecule has 3 aromatic rings. The van der Waals surface area contributed by atoms with Crippen LogP contribution in [0.2, 0.25) is 5.02 Å². The number of ether oxygens (including phenoxy) is 1. The zero-order valence-corrected chi connectivity index (χ0v) is 25.4. The third kappa shape index (κ3) is 8.07. The zero-order chi connectivity index (χ0) is 29.8. The molecule has 3 N–H and O–H groups in total. The summed E-state index contributed by atoms with van der Waals surface area (Å²) in [6.07, 6.45) is 1.44. The number of sulfone groups is 1. The molecule has 0 atom stereocenters. The van der Waals surface area contributed by atoms with Crippen LogP contribution < -0.4 is 26.0 Å². The fourth-order valence-corrected chi connectivity index (χ4v) is 6.74. The number of carbonyl (C=O) groups excluding carboxylic acids is 1. The van der Waals surface area contributed by atoms with E-state index in [-0.39, 0.29) is 34.9 Å². The van der Waals surface area contributed by atoms with E-state index < -0.39 is 17.0 Å². The van der Waals surface area contributed by atoms with E-state index >= 15 is 0 Å². The normalized spacial score (nSPS) is 15.1. The van der Waals surface area contributed by atoms with Crippen molar-refractivity contribution in [1.82, 2.24) is 14.9 Å². The van der Waals surface area contributed by atoms with E-state index in [0.29, 0.717) is 52.6 Å². The van der Waals surface area contributed by atoms with Crippen LogP contribution in [-0.2, 0) is 19.2 Å². The monoisotopic (exact) mass is 618 g/mol. The van der Waals surface area contributed by atoms with Crippen LogP contribution in [0.5, 0.6) is 5.75 Å². The van der Waals surface area contributed by atoms with Gasteiger partial charge in [-0.15, -0.1) is 0 Å². The number of carbonyl (C=O) groups is 1. The van der Waals surface area contributed by atoms with E-state index in [1.807, 2.05) is 17.0 Å². The Morgan fingerprint density at radius 1 is 1.12 bits per heavy atom. The van der Waals surface area contributed by atoms with Crippen molar-refractivity contribution >= 4 is 68.6 Å². The van der Waals surface area contributed by atoms with E-state index in [1.165, 1.54) is 13.3 Å². The number of aromatic nitrogens is 2. The molecule has 2 heterocycles. The van der Waals surface area contributed by atoms with Crippen molar-refractivity contribution in [2.24, 2.45) is 0 Å². The molecule has 0 radical (unpaired) electrons. The van der Waals surface area contributed by atoms with Gasteiger partial charge in [-0.2, -0.15) is 4.98 Å². The Morgan fingerprint density at radius 3 is 2.51 bits per heavy atom. The maximum absolute atomic E-state index is 12.8. The summed E-state index contributed by atoms with van der Waals surface area (Å²) >= 11 is 6.37. The first-order chi connectivity index (χ1) is 19.3. The van der Waals surface area contributed by atoms with Crippen molar-refractivity contribution in [3.8, 4) is 5.75 Å². The lowest BCUT2D eigenvalue weighted by Gasteiger charge is -2.26. The molecule has 1 aliphatic rings.